The third-order valence-corrected chi connectivity index (χ3v) is 2.94. The summed E-state index contributed by atoms with van der Waals surface area (Å²) in [6.07, 6.45) is 6.39. The standard InChI is InChI=1S/C10H10N2OS.C4H8O3/c11-9(5-6-12-8-13)3-4-10-2-1-7-14-10;1-3(7-2)4(5)6/h1-8H,11H2;3H,1-2H3,(H,5,6)/b4-3+,9-5-,12-6?;. The third-order valence-electron chi connectivity index (χ3n) is 2.10. The summed E-state index contributed by atoms with van der Waals surface area (Å²) in [7, 11) is 1.36. The van der Waals surface area contributed by atoms with Crippen LogP contribution in [0.3, 0.4) is 0 Å². The second-order valence-electron chi connectivity index (χ2n) is 3.64. The molecule has 0 saturated heterocycles. The lowest BCUT2D eigenvalue weighted by Gasteiger charge is -1.98. The van der Waals surface area contributed by atoms with E-state index in [1.165, 1.54) is 20.2 Å². The van der Waals surface area contributed by atoms with Crippen molar-refractivity contribution in [2.75, 3.05) is 7.11 Å². The first-order valence-electron chi connectivity index (χ1n) is 5.91. The molecule has 1 atom stereocenters. The fourth-order valence-electron chi connectivity index (χ4n) is 0.885. The number of carbonyl (C=O) groups excluding carboxylic acids is 1. The van der Waals surface area contributed by atoms with Crippen molar-refractivity contribution in [3.05, 3.63) is 40.2 Å². The van der Waals surface area contributed by atoms with E-state index in [9.17, 15) is 9.59 Å². The summed E-state index contributed by atoms with van der Waals surface area (Å²) in [5, 5.41) is 10.1. The van der Waals surface area contributed by atoms with E-state index in [1.807, 2.05) is 23.6 Å². The molecule has 0 saturated carbocycles. The van der Waals surface area contributed by atoms with Crippen LogP contribution >= 0.6 is 11.3 Å². The number of nitrogens with zero attached hydrogens (tertiary/aromatic N) is 1. The zero-order valence-electron chi connectivity index (χ0n) is 11.8. The highest BCUT2D eigenvalue weighted by atomic mass is 32.1. The molecule has 1 unspecified atom stereocenters. The smallest absolute Gasteiger partial charge is 0.332 e. The second kappa shape index (κ2) is 11.6. The molecule has 0 spiro atoms. The van der Waals surface area contributed by atoms with Crippen molar-refractivity contribution in [2.24, 2.45) is 10.7 Å². The predicted octanol–water partition coefficient (Wildman–Crippen LogP) is 1.94. The molecule has 0 radical (unpaired) electrons. The van der Waals surface area contributed by atoms with Gasteiger partial charge in [0.2, 0.25) is 6.41 Å². The van der Waals surface area contributed by atoms with Crippen LogP contribution in [-0.4, -0.2) is 36.9 Å². The first-order chi connectivity index (χ1) is 10.0. The lowest BCUT2D eigenvalue weighted by Crippen LogP contribution is -2.17. The molecule has 21 heavy (non-hydrogen) atoms. The zero-order valence-corrected chi connectivity index (χ0v) is 12.6. The molecule has 1 aromatic heterocycles. The first-order valence-corrected chi connectivity index (χ1v) is 6.79. The number of hydrogen-bond donors (Lipinski definition) is 2. The number of nitrogens with two attached hydrogens (primary N) is 1. The monoisotopic (exact) mass is 310 g/mol. The fraction of sp³-hybridized carbons (Fsp3) is 0.214. The summed E-state index contributed by atoms with van der Waals surface area (Å²) in [6, 6.07) is 3.96. The lowest BCUT2D eigenvalue weighted by molar-refractivity contribution is -0.147. The average molecular weight is 310 g/mol. The summed E-state index contributed by atoms with van der Waals surface area (Å²) >= 11 is 1.63. The van der Waals surface area contributed by atoms with Crippen molar-refractivity contribution < 1.29 is 19.4 Å². The Morgan fingerprint density at radius 2 is 2.29 bits per heavy atom. The number of aliphatic imine (C=N–C) groups is 1. The van der Waals surface area contributed by atoms with Gasteiger partial charge in [-0.25, -0.2) is 9.79 Å². The van der Waals surface area contributed by atoms with Crippen molar-refractivity contribution in [3.8, 4) is 0 Å². The summed E-state index contributed by atoms with van der Waals surface area (Å²) in [5.41, 5.74) is 6.16. The van der Waals surface area contributed by atoms with Gasteiger partial charge in [0.15, 0.2) is 6.10 Å². The number of amides is 1. The number of thiophene rings is 1. The topological polar surface area (TPSA) is 102 Å². The van der Waals surface area contributed by atoms with Gasteiger partial charge in [-0.3, -0.25) is 4.79 Å². The van der Waals surface area contributed by atoms with Crippen LogP contribution in [-0.2, 0) is 14.3 Å². The zero-order chi connectivity index (χ0) is 16.1. The molecule has 0 aliphatic rings. The molecule has 7 heteroatoms. The van der Waals surface area contributed by atoms with E-state index in [-0.39, 0.29) is 0 Å². The van der Waals surface area contributed by atoms with Gasteiger partial charge in [0.05, 0.1) is 0 Å². The van der Waals surface area contributed by atoms with Crippen LogP contribution in [0.5, 0.6) is 0 Å². The van der Waals surface area contributed by atoms with Crippen molar-refractivity contribution in [2.45, 2.75) is 13.0 Å². The maximum atomic E-state index is 9.85. The van der Waals surface area contributed by atoms with Gasteiger partial charge in [-0.15, -0.1) is 11.3 Å². The molecule has 0 aromatic carbocycles. The summed E-state index contributed by atoms with van der Waals surface area (Å²) in [6.45, 7) is 1.47. The number of methoxy groups -OCH3 is 1. The number of hydrogen-bond acceptors (Lipinski definition) is 5. The number of carboxylic acids is 1. The molecule has 0 aliphatic heterocycles. The Morgan fingerprint density at radius 1 is 1.57 bits per heavy atom. The summed E-state index contributed by atoms with van der Waals surface area (Å²) in [5.74, 6) is -0.928. The number of rotatable bonds is 6. The quantitative estimate of drug-likeness (QED) is 0.475. The van der Waals surface area contributed by atoms with Crippen molar-refractivity contribution in [3.63, 3.8) is 0 Å². The van der Waals surface area contributed by atoms with Crippen LogP contribution in [0, 0.1) is 0 Å². The Hall–Kier alpha value is -2.25. The van der Waals surface area contributed by atoms with Crippen LogP contribution in [0.15, 0.2) is 40.4 Å². The predicted molar refractivity (Wildman–Crippen MR) is 84.3 cm³/mol. The van der Waals surface area contributed by atoms with Gasteiger partial charge >= 0.3 is 5.97 Å². The van der Waals surface area contributed by atoms with Gasteiger partial charge in [0.1, 0.15) is 0 Å². The van der Waals surface area contributed by atoms with Gasteiger partial charge in [-0.05, 0) is 36.6 Å². The Morgan fingerprint density at radius 3 is 2.71 bits per heavy atom. The molecular weight excluding hydrogens is 292 g/mol. The van der Waals surface area contributed by atoms with E-state index >= 15 is 0 Å². The number of aliphatic carboxylic acids is 1. The first kappa shape index (κ1) is 18.8. The molecule has 0 aliphatic carbocycles. The SMILES string of the molecule is COC(C)C(=O)O.NC(=C\C=NC=O)/C=C/c1cccs1. The normalized spacial score (nSPS) is 13.0. The second-order valence-corrected chi connectivity index (χ2v) is 4.61. The molecular formula is C14H18N2O4S. The van der Waals surface area contributed by atoms with Gasteiger partial charge < -0.3 is 15.6 Å². The van der Waals surface area contributed by atoms with Gasteiger partial charge in [0.25, 0.3) is 0 Å². The minimum absolute atomic E-state index is 0.465. The van der Waals surface area contributed by atoms with Crippen molar-refractivity contribution >= 4 is 36.0 Å². The van der Waals surface area contributed by atoms with E-state index in [4.69, 9.17) is 10.8 Å². The van der Waals surface area contributed by atoms with Crippen molar-refractivity contribution in [1.82, 2.24) is 0 Å². The molecule has 114 valence electrons. The Bertz CT molecular complexity index is 507. The van der Waals surface area contributed by atoms with Gasteiger partial charge in [-0.2, -0.15) is 0 Å². The number of carbonyl (C=O) groups is 2. The molecule has 1 aromatic rings. The Labute approximate surface area is 127 Å². The highest BCUT2D eigenvalue weighted by Gasteiger charge is 2.06. The van der Waals surface area contributed by atoms with Crippen LogP contribution < -0.4 is 5.73 Å². The van der Waals surface area contributed by atoms with Crippen LogP contribution in [0.25, 0.3) is 6.08 Å². The number of ether oxygens (including phenoxy) is 1. The molecule has 0 bridgehead atoms. The third kappa shape index (κ3) is 10.2. The summed E-state index contributed by atoms with van der Waals surface area (Å²) < 4.78 is 4.41. The van der Waals surface area contributed by atoms with E-state index in [2.05, 4.69) is 9.73 Å². The van der Waals surface area contributed by atoms with Crippen LogP contribution in [0.4, 0.5) is 0 Å². The van der Waals surface area contributed by atoms with E-state index < -0.39 is 12.1 Å². The van der Waals surface area contributed by atoms with Crippen molar-refractivity contribution in [1.29, 1.82) is 0 Å². The maximum Gasteiger partial charge on any atom is 0.332 e. The average Bonchev–Trinajstić information content (AvgIpc) is 2.98. The molecule has 1 heterocycles. The Balaban J connectivity index is 0.000000486. The van der Waals surface area contributed by atoms with Crippen LogP contribution in [0.2, 0.25) is 0 Å². The number of allylic oxidation sites excluding steroid dienone is 2. The highest BCUT2D eigenvalue weighted by Crippen LogP contribution is 2.10. The van der Waals surface area contributed by atoms with Crippen LogP contribution in [0.1, 0.15) is 11.8 Å². The minimum Gasteiger partial charge on any atom is -0.479 e. The molecule has 3 N–H and O–H groups in total. The molecule has 6 nitrogen and oxygen atoms in total. The maximum absolute atomic E-state index is 9.85. The fourth-order valence-corrected chi connectivity index (χ4v) is 1.50. The van der Waals surface area contributed by atoms with E-state index in [0.29, 0.717) is 12.1 Å². The molecule has 1 amide bonds. The summed E-state index contributed by atoms with van der Waals surface area (Å²) in [4.78, 5) is 24.1. The lowest BCUT2D eigenvalue weighted by atomic mass is 10.3. The van der Waals surface area contributed by atoms with Gasteiger partial charge in [-0.1, -0.05) is 6.07 Å². The highest BCUT2D eigenvalue weighted by molar-refractivity contribution is 7.10. The Kier molecular flexibility index (Phi) is 10.3. The van der Waals surface area contributed by atoms with E-state index in [1.54, 1.807) is 23.5 Å². The number of carboxylic acid groups (broad SMARTS) is 1. The molecule has 0 fully saturated rings. The van der Waals surface area contributed by atoms with E-state index in [0.717, 1.165) is 4.88 Å². The molecule has 1 rings (SSSR count). The minimum atomic E-state index is -0.928. The largest absolute Gasteiger partial charge is 0.479 e. The van der Waals surface area contributed by atoms with Gasteiger partial charge in [0, 0.05) is 23.9 Å².